The average molecular weight is 404 g/mol. The first-order chi connectivity index (χ1) is 13.7. The SMILES string of the molecule is C1CCOC1.C[C@@H](O)c1nc2cnc3ccsc3c2n1C1CCC(CO)CC1. The fraction of sp³-hybridized carbons (Fsp3) is 0.619. The van der Waals surface area contributed by atoms with Crippen molar-refractivity contribution < 1.29 is 14.9 Å². The van der Waals surface area contributed by atoms with Gasteiger partial charge in [-0.1, -0.05) is 0 Å². The van der Waals surface area contributed by atoms with Gasteiger partial charge in [0.2, 0.25) is 0 Å². The Hall–Kier alpha value is -1.54. The van der Waals surface area contributed by atoms with Gasteiger partial charge in [-0.3, -0.25) is 4.98 Å². The molecule has 0 amide bonds. The first kappa shape index (κ1) is 19.8. The Balaban J connectivity index is 0.000000336. The van der Waals surface area contributed by atoms with E-state index < -0.39 is 6.10 Å². The van der Waals surface area contributed by atoms with Crippen LogP contribution in [0, 0.1) is 5.92 Å². The highest BCUT2D eigenvalue weighted by molar-refractivity contribution is 7.18. The molecule has 1 aliphatic carbocycles. The number of aliphatic hydroxyl groups excluding tert-OH is 2. The summed E-state index contributed by atoms with van der Waals surface area (Å²) in [6.07, 6.45) is 7.86. The number of ether oxygens (including phenoxy) is 1. The summed E-state index contributed by atoms with van der Waals surface area (Å²) < 4.78 is 8.33. The van der Waals surface area contributed by atoms with Crippen LogP contribution in [0.1, 0.15) is 63.4 Å². The highest BCUT2D eigenvalue weighted by Crippen LogP contribution is 2.39. The average Bonchev–Trinajstić information content (AvgIpc) is 3.48. The van der Waals surface area contributed by atoms with Crippen molar-refractivity contribution in [1.29, 1.82) is 0 Å². The minimum Gasteiger partial charge on any atom is -0.396 e. The van der Waals surface area contributed by atoms with Crippen molar-refractivity contribution in [2.75, 3.05) is 19.8 Å². The van der Waals surface area contributed by atoms with Gasteiger partial charge in [0.1, 0.15) is 17.4 Å². The van der Waals surface area contributed by atoms with Crippen LogP contribution in [0.4, 0.5) is 0 Å². The van der Waals surface area contributed by atoms with E-state index in [1.807, 2.05) is 12.3 Å². The Morgan fingerprint density at radius 3 is 2.57 bits per heavy atom. The Bertz CT molecular complexity index is 901. The number of rotatable bonds is 3. The van der Waals surface area contributed by atoms with Crippen molar-refractivity contribution in [2.45, 2.75) is 57.6 Å². The van der Waals surface area contributed by atoms with Gasteiger partial charge in [-0.05, 0) is 62.8 Å². The van der Waals surface area contributed by atoms with E-state index in [4.69, 9.17) is 4.74 Å². The first-order valence-corrected chi connectivity index (χ1v) is 11.2. The van der Waals surface area contributed by atoms with Crippen molar-refractivity contribution >= 4 is 32.6 Å². The number of imidazole rings is 1. The van der Waals surface area contributed by atoms with Crippen LogP contribution in [0.3, 0.4) is 0 Å². The van der Waals surface area contributed by atoms with Gasteiger partial charge in [-0.25, -0.2) is 4.98 Å². The third-order valence-corrected chi connectivity index (χ3v) is 6.70. The van der Waals surface area contributed by atoms with Gasteiger partial charge in [-0.15, -0.1) is 11.3 Å². The molecule has 7 heteroatoms. The molecule has 152 valence electrons. The Morgan fingerprint density at radius 2 is 1.96 bits per heavy atom. The molecule has 5 rings (SSSR count). The number of pyridine rings is 1. The second-order valence-electron chi connectivity index (χ2n) is 7.82. The summed E-state index contributed by atoms with van der Waals surface area (Å²) in [5.41, 5.74) is 2.96. The van der Waals surface area contributed by atoms with E-state index in [-0.39, 0.29) is 6.61 Å². The van der Waals surface area contributed by atoms with Crippen LogP contribution < -0.4 is 0 Å². The summed E-state index contributed by atoms with van der Waals surface area (Å²) in [4.78, 5) is 9.14. The number of aliphatic hydroxyl groups is 2. The zero-order chi connectivity index (χ0) is 19.5. The standard InChI is InChI=1S/C17H21N3O2S.C4H8O/c1-10(22)17-19-14-8-18-13-6-7-23-16(13)15(14)20(17)12-4-2-11(9-21)3-5-12;1-2-4-5-3-1/h6-8,10-12,21-22H,2-5,9H2,1H3;1-4H2/t10-,11?,12?;/m1./s1. The molecule has 0 spiro atoms. The highest BCUT2D eigenvalue weighted by Gasteiger charge is 2.27. The van der Waals surface area contributed by atoms with Crippen LogP contribution in [0.25, 0.3) is 21.3 Å². The number of thiophene rings is 1. The molecule has 3 aromatic rings. The third-order valence-electron chi connectivity index (χ3n) is 5.79. The summed E-state index contributed by atoms with van der Waals surface area (Å²) in [6, 6.07) is 2.36. The van der Waals surface area contributed by atoms with E-state index in [1.54, 1.807) is 18.3 Å². The Labute approximate surface area is 169 Å². The summed E-state index contributed by atoms with van der Waals surface area (Å²) in [5, 5.41) is 21.6. The van der Waals surface area contributed by atoms with Gasteiger partial charge >= 0.3 is 0 Å². The lowest BCUT2D eigenvalue weighted by Gasteiger charge is -2.30. The number of hydrogen-bond donors (Lipinski definition) is 2. The van der Waals surface area contributed by atoms with Crippen LogP contribution in [0.15, 0.2) is 17.6 Å². The maximum Gasteiger partial charge on any atom is 0.138 e. The van der Waals surface area contributed by atoms with Crippen LogP contribution in [0.2, 0.25) is 0 Å². The van der Waals surface area contributed by atoms with Crippen LogP contribution in [0.5, 0.6) is 0 Å². The molecule has 1 aliphatic heterocycles. The smallest absolute Gasteiger partial charge is 0.138 e. The van der Waals surface area contributed by atoms with Crippen molar-refractivity contribution in [3.8, 4) is 0 Å². The topological polar surface area (TPSA) is 80.4 Å². The van der Waals surface area contributed by atoms with Gasteiger partial charge in [0, 0.05) is 25.9 Å². The lowest BCUT2D eigenvalue weighted by atomic mass is 9.86. The van der Waals surface area contributed by atoms with Crippen molar-refractivity contribution in [2.24, 2.45) is 5.92 Å². The molecule has 28 heavy (non-hydrogen) atoms. The Kier molecular flexibility index (Phi) is 6.25. The van der Waals surface area contributed by atoms with Crippen molar-refractivity contribution in [3.05, 3.63) is 23.5 Å². The predicted molar refractivity (Wildman–Crippen MR) is 112 cm³/mol. The molecule has 2 fully saturated rings. The molecule has 4 heterocycles. The molecule has 6 nitrogen and oxygen atoms in total. The summed E-state index contributed by atoms with van der Waals surface area (Å²) in [5.74, 6) is 1.15. The maximum absolute atomic E-state index is 10.2. The lowest BCUT2D eigenvalue weighted by molar-refractivity contribution is 0.155. The molecule has 2 aliphatic rings. The van der Waals surface area contributed by atoms with E-state index in [0.717, 1.165) is 66.0 Å². The first-order valence-electron chi connectivity index (χ1n) is 10.3. The summed E-state index contributed by atoms with van der Waals surface area (Å²) in [6.45, 7) is 4.05. The zero-order valence-electron chi connectivity index (χ0n) is 16.4. The molecular weight excluding hydrogens is 374 g/mol. The minimum atomic E-state index is -0.604. The van der Waals surface area contributed by atoms with Crippen molar-refractivity contribution in [3.63, 3.8) is 0 Å². The number of aromatic nitrogens is 3. The normalized spacial score (nSPS) is 23.7. The second-order valence-corrected chi connectivity index (χ2v) is 8.74. The highest BCUT2D eigenvalue weighted by atomic mass is 32.1. The molecule has 3 aromatic heterocycles. The zero-order valence-corrected chi connectivity index (χ0v) is 17.2. The Morgan fingerprint density at radius 1 is 1.21 bits per heavy atom. The number of fused-ring (bicyclic) bond motifs is 3. The molecule has 1 saturated carbocycles. The number of nitrogens with zero attached hydrogens (tertiary/aromatic N) is 3. The fourth-order valence-electron chi connectivity index (χ4n) is 4.26. The molecule has 1 atom stereocenters. The van der Waals surface area contributed by atoms with E-state index in [1.165, 1.54) is 12.8 Å². The van der Waals surface area contributed by atoms with E-state index in [2.05, 4.69) is 19.9 Å². The van der Waals surface area contributed by atoms with Crippen LogP contribution in [-0.2, 0) is 4.74 Å². The maximum atomic E-state index is 10.2. The van der Waals surface area contributed by atoms with Crippen molar-refractivity contribution in [1.82, 2.24) is 14.5 Å². The molecule has 1 saturated heterocycles. The van der Waals surface area contributed by atoms with Gasteiger partial charge < -0.3 is 19.5 Å². The van der Waals surface area contributed by atoms with Crippen LogP contribution in [-0.4, -0.2) is 44.6 Å². The molecule has 2 N–H and O–H groups in total. The molecule has 0 unspecified atom stereocenters. The third kappa shape index (κ3) is 3.94. The van der Waals surface area contributed by atoms with Gasteiger partial charge in [-0.2, -0.15) is 0 Å². The minimum absolute atomic E-state index is 0.278. The number of hydrogen-bond acceptors (Lipinski definition) is 6. The quantitative estimate of drug-likeness (QED) is 0.684. The second kappa shape index (κ2) is 8.86. The predicted octanol–water partition coefficient (Wildman–Crippen LogP) is 4.22. The lowest BCUT2D eigenvalue weighted by Crippen LogP contribution is -2.22. The fourth-order valence-corrected chi connectivity index (χ4v) is 5.15. The largest absolute Gasteiger partial charge is 0.396 e. The van der Waals surface area contributed by atoms with Crippen LogP contribution >= 0.6 is 11.3 Å². The van der Waals surface area contributed by atoms with Gasteiger partial charge in [0.05, 0.1) is 21.9 Å². The molecular formula is C21H29N3O3S. The van der Waals surface area contributed by atoms with E-state index >= 15 is 0 Å². The van der Waals surface area contributed by atoms with E-state index in [9.17, 15) is 10.2 Å². The van der Waals surface area contributed by atoms with E-state index in [0.29, 0.717) is 12.0 Å². The van der Waals surface area contributed by atoms with Gasteiger partial charge in [0.25, 0.3) is 0 Å². The molecule has 0 bridgehead atoms. The monoisotopic (exact) mass is 403 g/mol. The van der Waals surface area contributed by atoms with Gasteiger partial charge in [0.15, 0.2) is 0 Å². The summed E-state index contributed by atoms with van der Waals surface area (Å²) in [7, 11) is 0. The summed E-state index contributed by atoms with van der Waals surface area (Å²) >= 11 is 1.68. The molecule has 0 aromatic carbocycles. The molecule has 0 radical (unpaired) electrons.